The molecule has 0 atom stereocenters. The quantitative estimate of drug-likeness (QED) is 0.493. The van der Waals surface area contributed by atoms with E-state index in [4.69, 9.17) is 8.94 Å². The summed E-state index contributed by atoms with van der Waals surface area (Å²) in [4.78, 5) is 4.33. The number of thioether (sulfide) groups is 1. The van der Waals surface area contributed by atoms with E-state index in [0.29, 0.717) is 23.0 Å². The first-order chi connectivity index (χ1) is 12.6. The average molecular weight is 371 g/mol. The zero-order valence-electron chi connectivity index (χ0n) is 14.0. The van der Waals surface area contributed by atoms with Crippen molar-refractivity contribution in [3.63, 3.8) is 0 Å². The molecule has 0 aliphatic carbocycles. The second-order valence-electron chi connectivity index (χ2n) is 5.56. The maximum atomic E-state index is 13.0. The molecule has 3 heterocycles. The molecule has 7 nitrogen and oxygen atoms in total. The summed E-state index contributed by atoms with van der Waals surface area (Å²) < 4.78 is 25.5. The summed E-state index contributed by atoms with van der Waals surface area (Å²) in [6.07, 6.45) is 1.63. The van der Waals surface area contributed by atoms with Crippen molar-refractivity contribution in [1.29, 1.82) is 0 Å². The Morgan fingerprint density at radius 1 is 1.15 bits per heavy atom. The van der Waals surface area contributed by atoms with Gasteiger partial charge in [-0.1, -0.05) is 16.9 Å². The topological polar surface area (TPSA) is 82.8 Å². The number of aromatic nitrogens is 5. The van der Waals surface area contributed by atoms with Crippen molar-refractivity contribution in [3.8, 4) is 22.8 Å². The van der Waals surface area contributed by atoms with Gasteiger partial charge in [-0.2, -0.15) is 4.98 Å². The first kappa shape index (κ1) is 16.5. The van der Waals surface area contributed by atoms with Crippen LogP contribution in [0.2, 0.25) is 0 Å². The van der Waals surface area contributed by atoms with Gasteiger partial charge < -0.3 is 13.5 Å². The van der Waals surface area contributed by atoms with E-state index in [1.807, 2.05) is 24.6 Å². The normalized spacial score (nSPS) is 11.2. The highest BCUT2D eigenvalue weighted by Crippen LogP contribution is 2.27. The molecule has 4 aromatic rings. The van der Waals surface area contributed by atoms with Crippen LogP contribution in [0.1, 0.15) is 11.7 Å². The van der Waals surface area contributed by atoms with E-state index in [9.17, 15) is 4.39 Å². The Hall–Kier alpha value is -2.94. The molecule has 0 amide bonds. The van der Waals surface area contributed by atoms with Crippen molar-refractivity contribution < 1.29 is 13.3 Å². The van der Waals surface area contributed by atoms with E-state index in [1.165, 1.54) is 23.9 Å². The van der Waals surface area contributed by atoms with E-state index >= 15 is 0 Å². The predicted molar refractivity (Wildman–Crippen MR) is 92.7 cm³/mol. The van der Waals surface area contributed by atoms with Crippen molar-refractivity contribution >= 4 is 11.8 Å². The molecule has 9 heteroatoms. The van der Waals surface area contributed by atoms with E-state index in [0.717, 1.165) is 22.3 Å². The summed E-state index contributed by atoms with van der Waals surface area (Å²) in [5.74, 6) is 2.55. The van der Waals surface area contributed by atoms with Gasteiger partial charge in [-0.25, -0.2) is 4.39 Å². The monoisotopic (exact) mass is 371 g/mol. The highest BCUT2D eigenvalue weighted by molar-refractivity contribution is 7.98. The van der Waals surface area contributed by atoms with Crippen LogP contribution >= 0.6 is 11.8 Å². The lowest BCUT2D eigenvalue weighted by atomic mass is 10.2. The summed E-state index contributed by atoms with van der Waals surface area (Å²) in [5.41, 5.74) is 1.60. The summed E-state index contributed by atoms with van der Waals surface area (Å²) in [6.45, 7) is 1.88. The van der Waals surface area contributed by atoms with Gasteiger partial charge in [0.1, 0.15) is 11.6 Å². The van der Waals surface area contributed by atoms with Gasteiger partial charge in [-0.15, -0.1) is 10.2 Å². The van der Waals surface area contributed by atoms with Crippen LogP contribution in [0.15, 0.2) is 50.7 Å². The molecule has 0 aliphatic rings. The number of hydrogen-bond donors (Lipinski definition) is 0. The zero-order chi connectivity index (χ0) is 18.1. The fraction of sp³-hybridized carbons (Fsp3) is 0.176. The van der Waals surface area contributed by atoms with Crippen molar-refractivity contribution in [1.82, 2.24) is 24.9 Å². The molecule has 0 unspecified atom stereocenters. The Morgan fingerprint density at radius 3 is 2.69 bits per heavy atom. The maximum absolute atomic E-state index is 13.0. The third kappa shape index (κ3) is 3.13. The van der Waals surface area contributed by atoms with Gasteiger partial charge >= 0.3 is 0 Å². The fourth-order valence-electron chi connectivity index (χ4n) is 2.45. The molecule has 0 saturated heterocycles. The lowest BCUT2D eigenvalue weighted by Crippen LogP contribution is -1.95. The van der Waals surface area contributed by atoms with E-state index in [2.05, 4.69) is 20.3 Å². The van der Waals surface area contributed by atoms with Crippen LogP contribution in [0.4, 0.5) is 4.39 Å². The van der Waals surface area contributed by atoms with Crippen LogP contribution in [0, 0.1) is 12.7 Å². The highest BCUT2D eigenvalue weighted by atomic mass is 32.2. The van der Waals surface area contributed by atoms with Gasteiger partial charge in [-0.3, -0.25) is 0 Å². The summed E-state index contributed by atoms with van der Waals surface area (Å²) >= 11 is 1.44. The Bertz CT molecular complexity index is 1040. The lowest BCUT2D eigenvalue weighted by Gasteiger charge is -2.01. The highest BCUT2D eigenvalue weighted by Gasteiger charge is 2.16. The minimum Gasteiger partial charge on any atom is -0.469 e. The maximum Gasteiger partial charge on any atom is 0.237 e. The van der Waals surface area contributed by atoms with Crippen molar-refractivity contribution in [3.05, 3.63) is 54.1 Å². The number of hydrogen-bond acceptors (Lipinski definition) is 7. The van der Waals surface area contributed by atoms with Gasteiger partial charge in [0.25, 0.3) is 0 Å². The van der Waals surface area contributed by atoms with E-state index < -0.39 is 0 Å². The number of rotatable bonds is 5. The summed E-state index contributed by atoms with van der Waals surface area (Å²) in [5, 5.41) is 13.1. The van der Waals surface area contributed by atoms with Gasteiger partial charge in [0, 0.05) is 12.6 Å². The second-order valence-corrected chi connectivity index (χ2v) is 6.51. The number of halogens is 1. The third-order valence-corrected chi connectivity index (χ3v) is 4.83. The molecule has 0 spiro atoms. The summed E-state index contributed by atoms with van der Waals surface area (Å²) in [6, 6.07) is 7.80. The molecule has 4 rings (SSSR count). The van der Waals surface area contributed by atoms with Crippen LogP contribution in [-0.2, 0) is 12.8 Å². The molecule has 3 aromatic heterocycles. The Balaban J connectivity index is 1.48. The Kier molecular flexibility index (Phi) is 4.29. The van der Waals surface area contributed by atoms with Crippen molar-refractivity contribution in [2.45, 2.75) is 17.8 Å². The standard InChI is InChI=1S/C17H14FN5O2S/c1-10-13(7-8-24-10)16-20-21-17(23(16)2)26-9-14-19-15(22-25-14)11-3-5-12(18)6-4-11/h3-8H,9H2,1-2H3. The molecule has 0 bridgehead atoms. The molecule has 1 aromatic carbocycles. The van der Waals surface area contributed by atoms with Gasteiger partial charge in [-0.05, 0) is 37.3 Å². The molecular formula is C17H14FN5O2S. The van der Waals surface area contributed by atoms with Gasteiger partial charge in [0.05, 0.1) is 17.6 Å². The Morgan fingerprint density at radius 2 is 1.96 bits per heavy atom. The SMILES string of the molecule is Cc1occc1-c1nnc(SCc2nc(-c3ccc(F)cc3)no2)n1C. The third-order valence-electron chi connectivity index (χ3n) is 3.83. The molecule has 26 heavy (non-hydrogen) atoms. The van der Waals surface area contributed by atoms with Crippen LogP contribution in [0.3, 0.4) is 0 Å². The molecule has 0 N–H and O–H groups in total. The molecule has 0 fully saturated rings. The van der Waals surface area contributed by atoms with Crippen LogP contribution in [0.25, 0.3) is 22.8 Å². The molecular weight excluding hydrogens is 357 g/mol. The van der Waals surface area contributed by atoms with Crippen molar-refractivity contribution in [2.24, 2.45) is 7.05 Å². The van der Waals surface area contributed by atoms with Gasteiger partial charge in [0.2, 0.25) is 11.7 Å². The second kappa shape index (κ2) is 6.75. The number of aryl methyl sites for hydroxylation is 1. The minimum atomic E-state index is -0.307. The van der Waals surface area contributed by atoms with Crippen molar-refractivity contribution in [2.75, 3.05) is 0 Å². The molecule has 132 valence electrons. The largest absolute Gasteiger partial charge is 0.469 e. The van der Waals surface area contributed by atoms with E-state index in [-0.39, 0.29) is 5.82 Å². The van der Waals surface area contributed by atoms with Gasteiger partial charge in [0.15, 0.2) is 11.0 Å². The Labute approximate surface area is 152 Å². The first-order valence-electron chi connectivity index (χ1n) is 7.77. The zero-order valence-corrected chi connectivity index (χ0v) is 14.8. The number of furan rings is 1. The van der Waals surface area contributed by atoms with Crippen LogP contribution < -0.4 is 0 Å². The smallest absolute Gasteiger partial charge is 0.237 e. The average Bonchev–Trinajstić information content (AvgIpc) is 3.35. The summed E-state index contributed by atoms with van der Waals surface area (Å²) in [7, 11) is 1.89. The molecule has 0 radical (unpaired) electrons. The van der Waals surface area contributed by atoms with E-state index in [1.54, 1.807) is 18.4 Å². The minimum absolute atomic E-state index is 0.307. The number of benzene rings is 1. The lowest BCUT2D eigenvalue weighted by molar-refractivity contribution is 0.391. The first-order valence-corrected chi connectivity index (χ1v) is 8.75. The number of nitrogens with zero attached hydrogens (tertiary/aromatic N) is 5. The fourth-order valence-corrected chi connectivity index (χ4v) is 3.20. The van der Waals surface area contributed by atoms with Crippen LogP contribution in [0.5, 0.6) is 0 Å². The molecule has 0 saturated carbocycles. The molecule has 0 aliphatic heterocycles. The predicted octanol–water partition coefficient (Wildman–Crippen LogP) is 3.86. The van der Waals surface area contributed by atoms with Crippen LogP contribution in [-0.4, -0.2) is 24.9 Å².